The van der Waals surface area contributed by atoms with Crippen LogP contribution in [0.25, 0.3) is 0 Å². The number of hydrogen-bond donors (Lipinski definition) is 2. The number of carbonyl (C=O) groups is 2. The molecule has 1 heterocycles. The average Bonchev–Trinajstić information content (AvgIpc) is 2.95. The van der Waals surface area contributed by atoms with Gasteiger partial charge in [-0.1, -0.05) is 30.2 Å². The van der Waals surface area contributed by atoms with Crippen LogP contribution in [0, 0.1) is 5.92 Å². The maximum absolute atomic E-state index is 12.7. The number of anilines is 1. The van der Waals surface area contributed by atoms with Crippen LogP contribution in [-0.2, 0) is 9.59 Å². The van der Waals surface area contributed by atoms with E-state index in [1.165, 1.54) is 0 Å². The monoisotopic (exact) mass is 385 g/mol. The van der Waals surface area contributed by atoms with Gasteiger partial charge in [0.1, 0.15) is 6.04 Å². The number of rotatable bonds is 4. The van der Waals surface area contributed by atoms with Crippen molar-refractivity contribution in [2.45, 2.75) is 50.6 Å². The van der Waals surface area contributed by atoms with E-state index in [-0.39, 0.29) is 36.2 Å². The maximum Gasteiger partial charge on any atom is 0.249 e. The molecule has 0 radical (unpaired) electrons. The molecule has 25 heavy (non-hydrogen) atoms. The number of nitrogens with two attached hydrogens (primary N) is 1. The number of benzene rings is 1. The van der Waals surface area contributed by atoms with Crippen molar-refractivity contribution in [2.24, 2.45) is 11.7 Å². The van der Waals surface area contributed by atoms with E-state index < -0.39 is 6.04 Å². The highest BCUT2D eigenvalue weighted by Gasteiger charge is 2.33. The molecule has 0 spiro atoms. The summed E-state index contributed by atoms with van der Waals surface area (Å²) >= 11 is 6.21. The van der Waals surface area contributed by atoms with Crippen molar-refractivity contribution >= 4 is 41.5 Å². The third-order valence-corrected chi connectivity index (χ3v) is 5.40. The van der Waals surface area contributed by atoms with Gasteiger partial charge in [0, 0.05) is 19.0 Å². The molecule has 0 bridgehead atoms. The van der Waals surface area contributed by atoms with E-state index in [1.807, 2.05) is 18.2 Å². The molecule has 1 saturated carbocycles. The SMILES string of the molecule is Cl.N[C@@H]1CCC[C@H]1CC(=O)NC1CCCN(c2ccccc2Cl)C1=O. The third kappa shape index (κ3) is 4.66. The van der Waals surface area contributed by atoms with Crippen LogP contribution in [0.2, 0.25) is 5.02 Å². The summed E-state index contributed by atoms with van der Waals surface area (Å²) in [7, 11) is 0. The van der Waals surface area contributed by atoms with Gasteiger partial charge in [-0.15, -0.1) is 12.4 Å². The van der Waals surface area contributed by atoms with Gasteiger partial charge in [0.2, 0.25) is 11.8 Å². The molecule has 2 aliphatic rings. The van der Waals surface area contributed by atoms with Crippen LogP contribution in [0.5, 0.6) is 0 Å². The Hall–Kier alpha value is -1.30. The molecule has 7 heteroatoms. The summed E-state index contributed by atoms with van der Waals surface area (Å²) in [6.45, 7) is 0.627. The van der Waals surface area contributed by atoms with Crippen LogP contribution in [-0.4, -0.2) is 30.4 Å². The molecule has 2 fully saturated rings. The predicted molar refractivity (Wildman–Crippen MR) is 102 cm³/mol. The van der Waals surface area contributed by atoms with E-state index in [0.717, 1.165) is 25.7 Å². The highest BCUT2D eigenvalue weighted by Crippen LogP contribution is 2.29. The largest absolute Gasteiger partial charge is 0.344 e. The number of piperidine rings is 1. The lowest BCUT2D eigenvalue weighted by atomic mass is 9.98. The zero-order valence-corrected chi connectivity index (χ0v) is 15.7. The molecule has 3 N–H and O–H groups in total. The van der Waals surface area contributed by atoms with Crippen LogP contribution in [0.4, 0.5) is 5.69 Å². The molecule has 1 aliphatic carbocycles. The van der Waals surface area contributed by atoms with Crippen LogP contribution < -0.4 is 16.0 Å². The van der Waals surface area contributed by atoms with Gasteiger partial charge in [0.15, 0.2) is 0 Å². The van der Waals surface area contributed by atoms with Crippen molar-refractivity contribution in [2.75, 3.05) is 11.4 Å². The fourth-order valence-electron chi connectivity index (χ4n) is 3.73. The number of halogens is 2. The standard InChI is InChI=1S/C18H24ClN3O2.ClH/c19-13-6-1-2-9-16(13)22-10-4-8-15(18(22)24)21-17(23)11-12-5-3-7-14(12)20;/h1-2,6,9,12,14-15H,3-5,7-8,10-11,20H2,(H,21,23);1H/t12-,14+,15?;/m0./s1. The molecule has 1 unspecified atom stereocenters. The van der Waals surface area contributed by atoms with Crippen molar-refractivity contribution in [3.05, 3.63) is 29.3 Å². The molecule has 2 amide bonds. The Morgan fingerprint density at radius 2 is 2.00 bits per heavy atom. The molecule has 5 nitrogen and oxygen atoms in total. The first kappa shape index (κ1) is 20.0. The van der Waals surface area contributed by atoms with E-state index >= 15 is 0 Å². The smallest absolute Gasteiger partial charge is 0.249 e. The zero-order chi connectivity index (χ0) is 17.1. The van der Waals surface area contributed by atoms with Gasteiger partial charge in [-0.3, -0.25) is 9.59 Å². The van der Waals surface area contributed by atoms with Crippen LogP contribution >= 0.6 is 24.0 Å². The zero-order valence-electron chi connectivity index (χ0n) is 14.1. The fourth-order valence-corrected chi connectivity index (χ4v) is 3.97. The lowest BCUT2D eigenvalue weighted by Gasteiger charge is -2.33. The highest BCUT2D eigenvalue weighted by molar-refractivity contribution is 6.33. The molecule has 1 aliphatic heterocycles. The van der Waals surface area contributed by atoms with Crippen LogP contribution in [0.1, 0.15) is 38.5 Å². The Bertz CT molecular complexity index is 626. The Balaban J connectivity index is 0.00000225. The Labute approximate surface area is 159 Å². The third-order valence-electron chi connectivity index (χ3n) is 5.08. The summed E-state index contributed by atoms with van der Waals surface area (Å²) in [5.41, 5.74) is 6.74. The Morgan fingerprint density at radius 3 is 2.68 bits per heavy atom. The quantitative estimate of drug-likeness (QED) is 0.836. The molecule has 1 saturated heterocycles. The second-order valence-electron chi connectivity index (χ2n) is 6.76. The number of hydrogen-bond acceptors (Lipinski definition) is 3. The summed E-state index contributed by atoms with van der Waals surface area (Å²) in [6.07, 6.45) is 4.99. The minimum atomic E-state index is -0.472. The normalized spacial score (nSPS) is 26.2. The van der Waals surface area contributed by atoms with E-state index in [4.69, 9.17) is 17.3 Å². The van der Waals surface area contributed by atoms with Crippen molar-refractivity contribution in [1.29, 1.82) is 0 Å². The number of amides is 2. The minimum absolute atomic E-state index is 0. The number of nitrogens with one attached hydrogen (secondary N) is 1. The van der Waals surface area contributed by atoms with E-state index in [2.05, 4.69) is 5.32 Å². The van der Waals surface area contributed by atoms with Gasteiger partial charge in [0.25, 0.3) is 0 Å². The molecule has 0 aromatic heterocycles. The molecular formula is C18H25Cl2N3O2. The maximum atomic E-state index is 12.7. The summed E-state index contributed by atoms with van der Waals surface area (Å²) in [4.78, 5) is 26.7. The number of nitrogens with zero attached hydrogens (tertiary/aromatic N) is 1. The highest BCUT2D eigenvalue weighted by atomic mass is 35.5. The average molecular weight is 386 g/mol. The summed E-state index contributed by atoms with van der Waals surface area (Å²) in [5.74, 6) is 0.0819. The number of carbonyl (C=O) groups excluding carboxylic acids is 2. The second kappa shape index (κ2) is 8.88. The number of para-hydroxylation sites is 1. The molecule has 3 atom stereocenters. The van der Waals surface area contributed by atoms with E-state index in [0.29, 0.717) is 30.1 Å². The van der Waals surface area contributed by atoms with Gasteiger partial charge in [-0.05, 0) is 43.7 Å². The summed E-state index contributed by atoms with van der Waals surface area (Å²) < 4.78 is 0. The van der Waals surface area contributed by atoms with Crippen LogP contribution in [0.3, 0.4) is 0 Å². The lowest BCUT2D eigenvalue weighted by Crippen LogP contribution is -2.52. The van der Waals surface area contributed by atoms with Crippen molar-refractivity contribution in [3.8, 4) is 0 Å². The first-order chi connectivity index (χ1) is 11.6. The lowest BCUT2D eigenvalue weighted by molar-refractivity contribution is -0.129. The van der Waals surface area contributed by atoms with Crippen molar-refractivity contribution in [1.82, 2.24) is 5.32 Å². The molecule has 3 rings (SSSR count). The minimum Gasteiger partial charge on any atom is -0.344 e. The first-order valence-corrected chi connectivity index (χ1v) is 9.05. The Morgan fingerprint density at radius 1 is 1.24 bits per heavy atom. The van der Waals surface area contributed by atoms with Crippen molar-refractivity contribution in [3.63, 3.8) is 0 Å². The second-order valence-corrected chi connectivity index (χ2v) is 7.17. The van der Waals surface area contributed by atoms with Gasteiger partial charge in [-0.2, -0.15) is 0 Å². The van der Waals surface area contributed by atoms with Gasteiger partial charge in [0.05, 0.1) is 10.7 Å². The van der Waals surface area contributed by atoms with Crippen molar-refractivity contribution < 1.29 is 9.59 Å². The molecule has 1 aromatic rings. The molecular weight excluding hydrogens is 361 g/mol. The van der Waals surface area contributed by atoms with Gasteiger partial charge in [-0.25, -0.2) is 0 Å². The Kier molecular flexibility index (Phi) is 7.11. The summed E-state index contributed by atoms with van der Waals surface area (Å²) in [6, 6.07) is 6.94. The molecule has 1 aromatic carbocycles. The van der Waals surface area contributed by atoms with E-state index in [1.54, 1.807) is 11.0 Å². The first-order valence-electron chi connectivity index (χ1n) is 8.67. The predicted octanol–water partition coefficient (Wildman–Crippen LogP) is 2.89. The topological polar surface area (TPSA) is 75.4 Å². The van der Waals surface area contributed by atoms with E-state index in [9.17, 15) is 9.59 Å². The fraction of sp³-hybridized carbons (Fsp3) is 0.556. The summed E-state index contributed by atoms with van der Waals surface area (Å²) in [5, 5.41) is 3.46. The van der Waals surface area contributed by atoms with Gasteiger partial charge < -0.3 is 16.0 Å². The van der Waals surface area contributed by atoms with Gasteiger partial charge >= 0.3 is 0 Å². The molecule has 138 valence electrons. The van der Waals surface area contributed by atoms with Crippen LogP contribution in [0.15, 0.2) is 24.3 Å².